The Morgan fingerprint density at radius 3 is 2.55 bits per heavy atom. The van der Waals surface area contributed by atoms with Crippen molar-refractivity contribution in [2.45, 2.75) is 33.5 Å². The minimum absolute atomic E-state index is 0.252. The number of hydrogen-bond acceptors (Lipinski definition) is 4. The monoisotopic (exact) mass is 397 g/mol. The summed E-state index contributed by atoms with van der Waals surface area (Å²) in [7, 11) is 1.63. The molecule has 0 bridgehead atoms. The molecule has 2 aromatic carbocycles. The Labute approximate surface area is 171 Å². The first kappa shape index (κ1) is 20.9. The highest BCUT2D eigenvalue weighted by atomic mass is 19.1. The minimum Gasteiger partial charge on any atom is -0.493 e. The lowest BCUT2D eigenvalue weighted by molar-refractivity contribution is 0.284. The van der Waals surface area contributed by atoms with Crippen molar-refractivity contribution in [1.29, 1.82) is 0 Å². The maximum atomic E-state index is 13.0. The van der Waals surface area contributed by atoms with Crippen LogP contribution >= 0.6 is 0 Å². The molecule has 1 N–H and O–H groups in total. The van der Waals surface area contributed by atoms with Gasteiger partial charge in [-0.3, -0.25) is 0 Å². The highest BCUT2D eigenvalue weighted by Crippen LogP contribution is 2.29. The fraction of sp³-hybridized carbons (Fsp3) is 0.348. The zero-order chi connectivity index (χ0) is 20.6. The molecule has 1 aromatic heterocycles. The number of aryl methyl sites for hydroxylation is 1. The van der Waals surface area contributed by atoms with Crippen molar-refractivity contribution in [2.24, 2.45) is 5.92 Å². The van der Waals surface area contributed by atoms with E-state index in [1.807, 2.05) is 37.5 Å². The molecule has 5 nitrogen and oxygen atoms in total. The zero-order valence-electron chi connectivity index (χ0n) is 17.2. The van der Waals surface area contributed by atoms with Crippen molar-refractivity contribution in [3.05, 3.63) is 77.6 Å². The van der Waals surface area contributed by atoms with Gasteiger partial charge in [-0.25, -0.2) is 9.37 Å². The van der Waals surface area contributed by atoms with Crippen LogP contribution in [-0.4, -0.2) is 23.2 Å². The first-order chi connectivity index (χ1) is 14.0. The number of hydrogen-bond donors (Lipinski definition) is 1. The van der Waals surface area contributed by atoms with E-state index >= 15 is 0 Å². The molecule has 0 radical (unpaired) electrons. The molecule has 0 saturated carbocycles. The van der Waals surface area contributed by atoms with Crippen molar-refractivity contribution in [2.75, 3.05) is 13.7 Å². The molecule has 0 fully saturated rings. The van der Waals surface area contributed by atoms with E-state index in [0.717, 1.165) is 36.6 Å². The lowest BCUT2D eigenvalue weighted by atomic mass is 10.1. The summed E-state index contributed by atoms with van der Waals surface area (Å²) >= 11 is 0. The van der Waals surface area contributed by atoms with Gasteiger partial charge in [0, 0.05) is 25.5 Å². The van der Waals surface area contributed by atoms with Crippen LogP contribution in [0.5, 0.6) is 11.5 Å². The van der Waals surface area contributed by atoms with E-state index < -0.39 is 0 Å². The van der Waals surface area contributed by atoms with E-state index in [0.29, 0.717) is 24.0 Å². The Balaban J connectivity index is 1.50. The van der Waals surface area contributed by atoms with Crippen LogP contribution in [0.4, 0.5) is 4.39 Å². The predicted octanol–water partition coefficient (Wildman–Crippen LogP) is 4.34. The molecule has 6 heteroatoms. The van der Waals surface area contributed by atoms with Gasteiger partial charge in [-0.2, -0.15) is 0 Å². The molecule has 1 atom stereocenters. The Morgan fingerprint density at radius 2 is 1.86 bits per heavy atom. The minimum atomic E-state index is -0.252. The van der Waals surface area contributed by atoms with Crippen LogP contribution in [0.15, 0.2) is 54.9 Å². The summed E-state index contributed by atoms with van der Waals surface area (Å²) in [5.41, 5.74) is 2.03. The largest absolute Gasteiger partial charge is 0.493 e. The van der Waals surface area contributed by atoms with Gasteiger partial charge in [0.25, 0.3) is 0 Å². The number of nitrogens with zero attached hydrogens (tertiary/aromatic N) is 2. The number of imidazole rings is 1. The average molecular weight is 397 g/mol. The van der Waals surface area contributed by atoms with Crippen molar-refractivity contribution in [1.82, 2.24) is 14.9 Å². The first-order valence-corrected chi connectivity index (χ1v) is 9.77. The molecule has 0 amide bonds. The van der Waals surface area contributed by atoms with E-state index in [4.69, 9.17) is 9.47 Å². The lowest BCUT2D eigenvalue weighted by Gasteiger charge is -2.15. The highest BCUT2D eigenvalue weighted by molar-refractivity contribution is 5.43. The summed E-state index contributed by atoms with van der Waals surface area (Å²) in [6.45, 7) is 7.20. The molecule has 0 saturated heterocycles. The van der Waals surface area contributed by atoms with Gasteiger partial charge in [0.05, 0.1) is 7.11 Å². The number of ether oxygens (including phenoxy) is 2. The first-order valence-electron chi connectivity index (χ1n) is 9.77. The second-order valence-corrected chi connectivity index (χ2v) is 7.26. The predicted molar refractivity (Wildman–Crippen MR) is 112 cm³/mol. The van der Waals surface area contributed by atoms with Crippen LogP contribution < -0.4 is 14.8 Å². The number of methoxy groups -OCH3 is 1. The van der Waals surface area contributed by atoms with Crippen LogP contribution in [0, 0.1) is 18.7 Å². The summed E-state index contributed by atoms with van der Waals surface area (Å²) in [4.78, 5) is 4.26. The SMILES string of the molecule is COc1cc(CNCC(C)Cn2ccnc2C)ccc1OCc1ccc(F)cc1. The number of benzene rings is 2. The van der Waals surface area contributed by atoms with Crippen molar-refractivity contribution >= 4 is 0 Å². The summed E-state index contributed by atoms with van der Waals surface area (Å²) < 4.78 is 26.5. The maximum absolute atomic E-state index is 13.0. The van der Waals surface area contributed by atoms with E-state index in [1.165, 1.54) is 12.1 Å². The molecule has 0 aliphatic rings. The van der Waals surface area contributed by atoms with E-state index in [9.17, 15) is 4.39 Å². The molecular formula is C23H28FN3O2. The van der Waals surface area contributed by atoms with E-state index in [1.54, 1.807) is 19.2 Å². The van der Waals surface area contributed by atoms with Gasteiger partial charge in [0.15, 0.2) is 11.5 Å². The Hall–Kier alpha value is -2.86. The van der Waals surface area contributed by atoms with Gasteiger partial charge in [0.1, 0.15) is 18.2 Å². The number of nitrogens with one attached hydrogen (secondary N) is 1. The molecular weight excluding hydrogens is 369 g/mol. The highest BCUT2D eigenvalue weighted by Gasteiger charge is 2.08. The third-order valence-electron chi connectivity index (χ3n) is 4.79. The van der Waals surface area contributed by atoms with Crippen molar-refractivity contribution < 1.29 is 13.9 Å². The van der Waals surface area contributed by atoms with Gasteiger partial charge in [-0.15, -0.1) is 0 Å². The molecule has 0 spiro atoms. The fourth-order valence-corrected chi connectivity index (χ4v) is 3.14. The van der Waals surface area contributed by atoms with Crippen LogP contribution in [0.1, 0.15) is 23.9 Å². The van der Waals surface area contributed by atoms with Crippen LogP contribution in [-0.2, 0) is 19.7 Å². The van der Waals surface area contributed by atoms with Gasteiger partial charge < -0.3 is 19.4 Å². The number of aromatic nitrogens is 2. The third kappa shape index (κ3) is 6.06. The number of halogens is 1. The topological polar surface area (TPSA) is 48.3 Å². The smallest absolute Gasteiger partial charge is 0.161 e. The van der Waals surface area contributed by atoms with Crippen LogP contribution in [0.25, 0.3) is 0 Å². The second kappa shape index (κ2) is 10.1. The summed E-state index contributed by atoms with van der Waals surface area (Å²) in [5.74, 6) is 2.64. The molecule has 29 heavy (non-hydrogen) atoms. The Kier molecular flexibility index (Phi) is 7.25. The second-order valence-electron chi connectivity index (χ2n) is 7.26. The Morgan fingerprint density at radius 1 is 1.10 bits per heavy atom. The standard InChI is InChI=1S/C23H28FN3O2/c1-17(15-27-11-10-26-18(27)2)13-25-14-20-6-9-22(23(12-20)28-3)29-16-19-4-7-21(24)8-5-19/h4-12,17,25H,13-16H2,1-3H3. The van der Waals surface area contributed by atoms with E-state index in [2.05, 4.69) is 21.8 Å². The third-order valence-corrected chi connectivity index (χ3v) is 4.79. The molecule has 154 valence electrons. The fourth-order valence-electron chi connectivity index (χ4n) is 3.14. The normalized spacial score (nSPS) is 12.0. The van der Waals surface area contributed by atoms with E-state index in [-0.39, 0.29) is 5.82 Å². The van der Waals surface area contributed by atoms with Gasteiger partial charge in [-0.05, 0) is 54.8 Å². The zero-order valence-corrected chi connectivity index (χ0v) is 17.2. The molecule has 3 aromatic rings. The molecule has 0 aliphatic heterocycles. The van der Waals surface area contributed by atoms with Crippen molar-refractivity contribution in [3.63, 3.8) is 0 Å². The molecule has 1 unspecified atom stereocenters. The summed E-state index contributed by atoms with van der Waals surface area (Å²) in [5, 5.41) is 3.50. The lowest BCUT2D eigenvalue weighted by Crippen LogP contribution is -2.24. The summed E-state index contributed by atoms with van der Waals surface area (Å²) in [6.07, 6.45) is 3.85. The van der Waals surface area contributed by atoms with Crippen LogP contribution in [0.3, 0.4) is 0 Å². The summed E-state index contributed by atoms with van der Waals surface area (Å²) in [6, 6.07) is 12.2. The molecule has 1 heterocycles. The van der Waals surface area contributed by atoms with Gasteiger partial charge in [0.2, 0.25) is 0 Å². The Bertz CT molecular complexity index is 909. The van der Waals surface area contributed by atoms with Crippen LogP contribution in [0.2, 0.25) is 0 Å². The maximum Gasteiger partial charge on any atom is 0.161 e. The van der Waals surface area contributed by atoms with Gasteiger partial charge in [-0.1, -0.05) is 25.1 Å². The molecule has 0 aliphatic carbocycles. The average Bonchev–Trinajstić information content (AvgIpc) is 3.12. The molecule has 3 rings (SSSR count). The van der Waals surface area contributed by atoms with Gasteiger partial charge >= 0.3 is 0 Å². The van der Waals surface area contributed by atoms with Crippen molar-refractivity contribution in [3.8, 4) is 11.5 Å². The quantitative estimate of drug-likeness (QED) is 0.553. The number of rotatable bonds is 10.